The highest BCUT2D eigenvalue weighted by Gasteiger charge is 2.15. The molecule has 172 valence electrons. The lowest BCUT2D eigenvalue weighted by Gasteiger charge is -2.08. The molecule has 0 atom stereocenters. The van der Waals surface area contributed by atoms with E-state index in [2.05, 4.69) is 20.8 Å². The van der Waals surface area contributed by atoms with Crippen LogP contribution in [0.15, 0.2) is 52.9 Å². The third kappa shape index (κ3) is 7.02. The lowest BCUT2D eigenvalue weighted by molar-refractivity contribution is -0.113. The van der Waals surface area contributed by atoms with Crippen LogP contribution >= 0.6 is 23.1 Å². The maximum absolute atomic E-state index is 12.5. The fourth-order valence-electron chi connectivity index (χ4n) is 2.65. The van der Waals surface area contributed by atoms with E-state index in [0.29, 0.717) is 45.2 Å². The summed E-state index contributed by atoms with van der Waals surface area (Å²) in [5.74, 6) is -0.406. The number of nitrogens with zero attached hydrogens (tertiary/aromatic N) is 2. The highest BCUT2D eigenvalue weighted by molar-refractivity contribution is 8.01. The number of aromatic nitrogens is 2. The van der Waals surface area contributed by atoms with Crippen molar-refractivity contribution >= 4 is 51.7 Å². The molecule has 0 bridgehead atoms. The Hall–Kier alpha value is -3.44. The molecule has 0 aliphatic heterocycles. The van der Waals surface area contributed by atoms with Crippen LogP contribution in [0.25, 0.3) is 0 Å². The standard InChI is InChI=1S/C22H22N4O5S2/c1-3-30-17-8-6-5-7-16(17)19(28)24-21-25-26-22(33-21)32-13-18(27)23-15-11-9-14(10-12-15)20(29)31-4-2/h5-12H,3-4,13H2,1-2H3,(H,23,27)(H,24,25,28). The monoisotopic (exact) mass is 486 g/mol. The van der Waals surface area contributed by atoms with Gasteiger partial charge >= 0.3 is 5.97 Å². The molecule has 0 spiro atoms. The minimum atomic E-state index is -0.411. The SMILES string of the molecule is CCOC(=O)c1ccc(NC(=O)CSc2nnc(NC(=O)c3ccccc3OCC)s2)cc1. The Bertz CT molecular complexity index is 1120. The topological polar surface area (TPSA) is 120 Å². The summed E-state index contributed by atoms with van der Waals surface area (Å²) in [6, 6.07) is 13.4. The van der Waals surface area contributed by atoms with Crippen molar-refractivity contribution in [1.29, 1.82) is 0 Å². The normalized spacial score (nSPS) is 10.4. The van der Waals surface area contributed by atoms with Gasteiger partial charge in [0.15, 0.2) is 4.34 Å². The van der Waals surface area contributed by atoms with Gasteiger partial charge in [0.25, 0.3) is 5.91 Å². The quantitative estimate of drug-likeness (QED) is 0.250. The van der Waals surface area contributed by atoms with Crippen LogP contribution in [0.2, 0.25) is 0 Å². The molecular formula is C22H22N4O5S2. The molecule has 0 saturated heterocycles. The van der Waals surface area contributed by atoms with Crippen LogP contribution in [0, 0.1) is 0 Å². The molecule has 0 aliphatic carbocycles. The van der Waals surface area contributed by atoms with Crippen LogP contribution in [0.4, 0.5) is 10.8 Å². The molecule has 3 aromatic rings. The van der Waals surface area contributed by atoms with Crippen molar-refractivity contribution in [2.45, 2.75) is 18.2 Å². The summed E-state index contributed by atoms with van der Waals surface area (Å²) in [4.78, 5) is 36.4. The van der Waals surface area contributed by atoms with Gasteiger partial charge in [0, 0.05) is 5.69 Å². The number of anilines is 2. The van der Waals surface area contributed by atoms with Crippen LogP contribution in [-0.4, -0.2) is 46.9 Å². The van der Waals surface area contributed by atoms with Gasteiger partial charge in [-0.2, -0.15) is 0 Å². The van der Waals surface area contributed by atoms with Gasteiger partial charge in [-0.25, -0.2) is 4.79 Å². The highest BCUT2D eigenvalue weighted by atomic mass is 32.2. The first-order valence-corrected chi connectivity index (χ1v) is 11.9. The van der Waals surface area contributed by atoms with Gasteiger partial charge < -0.3 is 14.8 Å². The number of carbonyl (C=O) groups excluding carboxylic acids is 3. The molecular weight excluding hydrogens is 464 g/mol. The number of carbonyl (C=O) groups is 3. The van der Waals surface area contributed by atoms with Crippen molar-refractivity contribution < 1.29 is 23.9 Å². The van der Waals surface area contributed by atoms with Crippen molar-refractivity contribution in [3.63, 3.8) is 0 Å². The lowest BCUT2D eigenvalue weighted by Crippen LogP contribution is -2.14. The van der Waals surface area contributed by atoms with Crippen LogP contribution < -0.4 is 15.4 Å². The number of hydrogen-bond donors (Lipinski definition) is 2. The van der Waals surface area contributed by atoms with Crippen molar-refractivity contribution in [1.82, 2.24) is 10.2 Å². The zero-order valence-corrected chi connectivity index (χ0v) is 19.6. The second kappa shape index (κ2) is 12.0. The lowest BCUT2D eigenvalue weighted by atomic mass is 10.2. The van der Waals surface area contributed by atoms with Gasteiger partial charge in [-0.3, -0.25) is 14.9 Å². The fourth-order valence-corrected chi connectivity index (χ4v) is 4.19. The molecule has 11 heteroatoms. The number of ether oxygens (including phenoxy) is 2. The van der Waals surface area contributed by atoms with Crippen LogP contribution in [0.3, 0.4) is 0 Å². The number of esters is 1. The average molecular weight is 487 g/mol. The maximum atomic E-state index is 12.5. The van der Waals surface area contributed by atoms with Gasteiger partial charge in [0.2, 0.25) is 11.0 Å². The molecule has 3 rings (SSSR count). The summed E-state index contributed by atoms with van der Waals surface area (Å²) >= 11 is 2.37. The summed E-state index contributed by atoms with van der Waals surface area (Å²) in [6.45, 7) is 4.33. The second-order valence-corrected chi connectivity index (χ2v) is 8.59. The van der Waals surface area contributed by atoms with E-state index in [0.717, 1.165) is 0 Å². The van der Waals surface area contributed by atoms with Crippen LogP contribution in [0.1, 0.15) is 34.6 Å². The molecule has 0 radical (unpaired) electrons. The first kappa shape index (κ1) is 24.2. The Labute approximate surface area is 198 Å². The van der Waals surface area contributed by atoms with E-state index < -0.39 is 5.97 Å². The number of nitrogens with one attached hydrogen (secondary N) is 2. The van der Waals surface area contributed by atoms with Crippen LogP contribution in [-0.2, 0) is 9.53 Å². The summed E-state index contributed by atoms with van der Waals surface area (Å²) in [6.07, 6.45) is 0. The van der Waals surface area contributed by atoms with E-state index in [4.69, 9.17) is 9.47 Å². The van der Waals surface area contributed by atoms with E-state index >= 15 is 0 Å². The van der Waals surface area contributed by atoms with E-state index in [1.165, 1.54) is 23.1 Å². The molecule has 1 aromatic heterocycles. The van der Waals surface area contributed by atoms with Crippen molar-refractivity contribution in [2.75, 3.05) is 29.6 Å². The van der Waals surface area contributed by atoms with E-state index in [-0.39, 0.29) is 17.6 Å². The predicted octanol–water partition coefficient (Wildman–Crippen LogP) is 4.10. The Morgan fingerprint density at radius 3 is 2.45 bits per heavy atom. The number of para-hydroxylation sites is 1. The number of benzene rings is 2. The van der Waals surface area contributed by atoms with E-state index in [1.54, 1.807) is 55.5 Å². The molecule has 2 amide bonds. The van der Waals surface area contributed by atoms with Crippen molar-refractivity contribution in [2.24, 2.45) is 0 Å². The predicted molar refractivity (Wildman–Crippen MR) is 127 cm³/mol. The Morgan fingerprint density at radius 1 is 0.970 bits per heavy atom. The molecule has 0 saturated carbocycles. The molecule has 1 heterocycles. The largest absolute Gasteiger partial charge is 0.493 e. The zero-order chi connectivity index (χ0) is 23.6. The Morgan fingerprint density at radius 2 is 1.73 bits per heavy atom. The van der Waals surface area contributed by atoms with E-state index in [1.807, 2.05) is 6.92 Å². The number of thioether (sulfide) groups is 1. The summed E-state index contributed by atoms with van der Waals surface area (Å²) in [5, 5.41) is 13.7. The molecule has 9 nitrogen and oxygen atoms in total. The molecule has 33 heavy (non-hydrogen) atoms. The summed E-state index contributed by atoms with van der Waals surface area (Å²) in [7, 11) is 0. The van der Waals surface area contributed by atoms with Gasteiger partial charge in [-0.05, 0) is 50.2 Å². The Kier molecular flexibility index (Phi) is 8.79. The first-order chi connectivity index (χ1) is 16.0. The maximum Gasteiger partial charge on any atom is 0.338 e. The first-order valence-electron chi connectivity index (χ1n) is 10.1. The summed E-state index contributed by atoms with van der Waals surface area (Å²) in [5.41, 5.74) is 1.38. The van der Waals surface area contributed by atoms with Crippen molar-refractivity contribution in [3.05, 3.63) is 59.7 Å². The molecule has 2 N–H and O–H groups in total. The zero-order valence-electron chi connectivity index (χ0n) is 18.0. The molecule has 0 fully saturated rings. The highest BCUT2D eigenvalue weighted by Crippen LogP contribution is 2.27. The molecule has 0 unspecified atom stereocenters. The van der Waals surface area contributed by atoms with Gasteiger partial charge in [0.1, 0.15) is 5.75 Å². The fraction of sp³-hybridized carbons (Fsp3) is 0.227. The average Bonchev–Trinajstić information content (AvgIpc) is 3.26. The van der Waals surface area contributed by atoms with Gasteiger partial charge in [0.05, 0.1) is 30.1 Å². The molecule has 2 aromatic carbocycles. The number of rotatable bonds is 10. The van der Waals surface area contributed by atoms with E-state index in [9.17, 15) is 14.4 Å². The second-order valence-electron chi connectivity index (χ2n) is 6.39. The smallest absolute Gasteiger partial charge is 0.338 e. The molecule has 0 aliphatic rings. The third-order valence-electron chi connectivity index (χ3n) is 4.06. The van der Waals surface area contributed by atoms with Crippen molar-refractivity contribution in [3.8, 4) is 5.75 Å². The van der Waals surface area contributed by atoms with Gasteiger partial charge in [-0.1, -0.05) is 35.2 Å². The number of amides is 2. The third-order valence-corrected chi connectivity index (χ3v) is 6.04. The number of hydrogen-bond acceptors (Lipinski definition) is 9. The minimum Gasteiger partial charge on any atom is -0.493 e. The van der Waals surface area contributed by atoms with Gasteiger partial charge in [-0.15, -0.1) is 10.2 Å². The minimum absolute atomic E-state index is 0.107. The summed E-state index contributed by atoms with van der Waals surface area (Å²) < 4.78 is 10.9. The Balaban J connectivity index is 1.50. The van der Waals surface area contributed by atoms with Crippen LogP contribution in [0.5, 0.6) is 5.75 Å².